The van der Waals surface area contributed by atoms with E-state index >= 15 is 0 Å². The van der Waals surface area contributed by atoms with Crippen molar-refractivity contribution in [2.45, 2.75) is 11.4 Å². The lowest BCUT2D eigenvalue weighted by molar-refractivity contribution is -0.116. The second kappa shape index (κ2) is 10.6. The van der Waals surface area contributed by atoms with E-state index in [1.807, 2.05) is 54.6 Å². The number of morpholine rings is 1. The highest BCUT2D eigenvalue weighted by molar-refractivity contribution is 7.89. The SMILES string of the molecule is O=C(/C=C/c1cccc(-c2ccccc2)c1)NCc1ccc(S(=O)(=O)N2CCOCC2)cc1. The third-order valence-corrected chi connectivity index (χ3v) is 7.33. The Labute approximate surface area is 194 Å². The van der Waals surface area contributed by atoms with Crippen molar-refractivity contribution in [2.24, 2.45) is 0 Å². The van der Waals surface area contributed by atoms with Crippen molar-refractivity contribution >= 4 is 22.0 Å². The first-order valence-electron chi connectivity index (χ1n) is 10.8. The van der Waals surface area contributed by atoms with Crippen molar-refractivity contribution in [3.63, 3.8) is 0 Å². The topological polar surface area (TPSA) is 75.7 Å². The molecule has 0 spiro atoms. The van der Waals surface area contributed by atoms with Gasteiger partial charge in [0.1, 0.15) is 0 Å². The van der Waals surface area contributed by atoms with Crippen LogP contribution in [0.4, 0.5) is 0 Å². The third-order valence-electron chi connectivity index (χ3n) is 5.42. The molecule has 1 heterocycles. The number of nitrogens with zero attached hydrogens (tertiary/aromatic N) is 1. The molecule has 0 aliphatic carbocycles. The summed E-state index contributed by atoms with van der Waals surface area (Å²) in [7, 11) is -3.52. The molecule has 0 saturated carbocycles. The second-order valence-corrected chi connectivity index (χ2v) is 9.64. The van der Waals surface area contributed by atoms with Crippen LogP contribution in [0.2, 0.25) is 0 Å². The molecular weight excluding hydrogens is 436 g/mol. The van der Waals surface area contributed by atoms with E-state index in [2.05, 4.69) is 5.32 Å². The summed E-state index contributed by atoms with van der Waals surface area (Å²) in [6.45, 7) is 1.85. The standard InChI is InChI=1S/C26H26N2O4S/c29-26(14-11-21-5-4-8-24(19-21)23-6-2-1-3-7-23)27-20-22-9-12-25(13-10-22)33(30,31)28-15-17-32-18-16-28/h1-14,19H,15-18,20H2,(H,27,29)/b14-11+. The van der Waals surface area contributed by atoms with Gasteiger partial charge in [0.25, 0.3) is 0 Å². The maximum Gasteiger partial charge on any atom is 0.244 e. The van der Waals surface area contributed by atoms with Gasteiger partial charge in [-0.3, -0.25) is 4.79 Å². The van der Waals surface area contributed by atoms with Gasteiger partial charge in [-0.1, -0.05) is 60.7 Å². The molecule has 0 aromatic heterocycles. The van der Waals surface area contributed by atoms with Crippen LogP contribution in [0.3, 0.4) is 0 Å². The molecule has 7 heteroatoms. The smallest absolute Gasteiger partial charge is 0.244 e. The Balaban J connectivity index is 1.33. The predicted molar refractivity (Wildman–Crippen MR) is 129 cm³/mol. The van der Waals surface area contributed by atoms with Crippen LogP contribution < -0.4 is 5.32 Å². The van der Waals surface area contributed by atoms with E-state index < -0.39 is 10.0 Å². The number of benzene rings is 3. The van der Waals surface area contributed by atoms with Gasteiger partial charge in [-0.2, -0.15) is 4.31 Å². The molecule has 1 saturated heterocycles. The van der Waals surface area contributed by atoms with Crippen LogP contribution in [0.15, 0.2) is 89.8 Å². The van der Waals surface area contributed by atoms with Crippen LogP contribution in [-0.2, 0) is 26.1 Å². The highest BCUT2D eigenvalue weighted by Gasteiger charge is 2.26. The Hall–Kier alpha value is -3.26. The molecule has 1 aliphatic heterocycles. The summed E-state index contributed by atoms with van der Waals surface area (Å²) in [6.07, 6.45) is 3.28. The number of rotatable bonds is 7. The molecule has 6 nitrogen and oxygen atoms in total. The quantitative estimate of drug-likeness (QED) is 0.543. The molecule has 0 radical (unpaired) electrons. The van der Waals surface area contributed by atoms with E-state index in [1.54, 1.807) is 30.3 Å². The highest BCUT2D eigenvalue weighted by Crippen LogP contribution is 2.21. The fraction of sp³-hybridized carbons (Fsp3) is 0.192. The lowest BCUT2D eigenvalue weighted by Gasteiger charge is -2.26. The molecule has 1 N–H and O–H groups in total. The Kier molecular flexibility index (Phi) is 7.34. The first-order chi connectivity index (χ1) is 16.0. The lowest BCUT2D eigenvalue weighted by atomic mass is 10.0. The van der Waals surface area contributed by atoms with Gasteiger partial charge in [0, 0.05) is 25.7 Å². The summed E-state index contributed by atoms with van der Waals surface area (Å²) < 4.78 is 32.0. The van der Waals surface area contributed by atoms with Gasteiger partial charge in [-0.25, -0.2) is 8.42 Å². The Morgan fingerprint density at radius 3 is 2.33 bits per heavy atom. The Morgan fingerprint density at radius 1 is 0.909 bits per heavy atom. The highest BCUT2D eigenvalue weighted by atomic mass is 32.2. The maximum absolute atomic E-state index is 12.7. The number of carbonyl (C=O) groups excluding carboxylic acids is 1. The van der Waals surface area contributed by atoms with Crippen molar-refractivity contribution in [2.75, 3.05) is 26.3 Å². The average Bonchev–Trinajstić information content (AvgIpc) is 2.88. The van der Waals surface area contributed by atoms with Gasteiger partial charge in [0.2, 0.25) is 15.9 Å². The van der Waals surface area contributed by atoms with Gasteiger partial charge in [-0.15, -0.1) is 0 Å². The molecule has 1 fully saturated rings. The summed E-state index contributed by atoms with van der Waals surface area (Å²) in [4.78, 5) is 12.5. The van der Waals surface area contributed by atoms with Gasteiger partial charge >= 0.3 is 0 Å². The molecule has 3 aromatic carbocycles. The number of hydrogen-bond acceptors (Lipinski definition) is 4. The van der Waals surface area contributed by atoms with Crippen LogP contribution in [0, 0.1) is 0 Å². The van der Waals surface area contributed by atoms with E-state index in [0.717, 1.165) is 22.3 Å². The fourth-order valence-electron chi connectivity index (χ4n) is 3.59. The molecule has 1 amide bonds. The minimum atomic E-state index is -3.52. The van der Waals surface area contributed by atoms with Crippen molar-refractivity contribution in [1.82, 2.24) is 9.62 Å². The van der Waals surface area contributed by atoms with E-state index in [1.165, 1.54) is 10.4 Å². The lowest BCUT2D eigenvalue weighted by Crippen LogP contribution is -2.40. The second-order valence-electron chi connectivity index (χ2n) is 7.70. The van der Waals surface area contributed by atoms with Crippen LogP contribution in [-0.4, -0.2) is 44.9 Å². The Morgan fingerprint density at radius 2 is 1.61 bits per heavy atom. The average molecular weight is 463 g/mol. The molecule has 33 heavy (non-hydrogen) atoms. The number of amides is 1. The summed E-state index contributed by atoms with van der Waals surface area (Å²) in [6, 6.07) is 24.7. The third kappa shape index (κ3) is 5.96. The largest absolute Gasteiger partial charge is 0.379 e. The number of ether oxygens (including phenoxy) is 1. The molecular formula is C26H26N2O4S. The molecule has 0 unspecified atom stereocenters. The summed E-state index contributed by atoms with van der Waals surface area (Å²) in [5, 5.41) is 2.83. The van der Waals surface area contributed by atoms with Crippen molar-refractivity contribution in [1.29, 1.82) is 0 Å². The molecule has 4 rings (SSSR count). The van der Waals surface area contributed by atoms with Gasteiger partial charge in [-0.05, 0) is 46.5 Å². The van der Waals surface area contributed by atoms with E-state index in [-0.39, 0.29) is 10.8 Å². The molecule has 170 valence electrons. The van der Waals surface area contributed by atoms with E-state index in [0.29, 0.717) is 32.8 Å². The van der Waals surface area contributed by atoms with Crippen LogP contribution in [0.1, 0.15) is 11.1 Å². The number of carbonyl (C=O) groups is 1. The first-order valence-corrected chi connectivity index (χ1v) is 12.2. The first kappa shape index (κ1) is 22.9. The number of sulfonamides is 1. The molecule has 0 bridgehead atoms. The van der Waals surface area contributed by atoms with Gasteiger partial charge < -0.3 is 10.1 Å². The maximum atomic E-state index is 12.7. The molecule has 1 aliphatic rings. The summed E-state index contributed by atoms with van der Waals surface area (Å²) >= 11 is 0. The zero-order valence-corrected chi connectivity index (χ0v) is 19.0. The van der Waals surface area contributed by atoms with Crippen molar-refractivity contribution in [3.05, 3.63) is 96.1 Å². The summed E-state index contributed by atoms with van der Waals surface area (Å²) in [5.41, 5.74) is 3.97. The van der Waals surface area contributed by atoms with Crippen LogP contribution >= 0.6 is 0 Å². The monoisotopic (exact) mass is 462 g/mol. The Bertz CT molecular complexity index is 1220. The normalized spacial score (nSPS) is 14.9. The fourth-order valence-corrected chi connectivity index (χ4v) is 5.00. The van der Waals surface area contributed by atoms with Crippen molar-refractivity contribution in [3.8, 4) is 11.1 Å². The van der Waals surface area contributed by atoms with E-state index in [9.17, 15) is 13.2 Å². The number of hydrogen-bond donors (Lipinski definition) is 1. The van der Waals surface area contributed by atoms with Crippen molar-refractivity contribution < 1.29 is 17.9 Å². The summed E-state index contributed by atoms with van der Waals surface area (Å²) in [5.74, 6) is -0.217. The van der Waals surface area contributed by atoms with Gasteiger partial charge in [0.05, 0.1) is 18.1 Å². The van der Waals surface area contributed by atoms with E-state index in [4.69, 9.17) is 4.74 Å². The predicted octanol–water partition coefficient (Wildman–Crippen LogP) is 3.70. The molecule has 3 aromatic rings. The van der Waals surface area contributed by atoms with Crippen LogP contribution in [0.5, 0.6) is 0 Å². The van der Waals surface area contributed by atoms with Crippen LogP contribution in [0.25, 0.3) is 17.2 Å². The molecule has 0 atom stereocenters. The zero-order chi connectivity index (χ0) is 23.1. The zero-order valence-electron chi connectivity index (χ0n) is 18.2. The minimum absolute atomic E-state index is 0.217. The minimum Gasteiger partial charge on any atom is -0.379 e. The van der Waals surface area contributed by atoms with Gasteiger partial charge in [0.15, 0.2) is 0 Å². The number of nitrogens with one attached hydrogen (secondary N) is 1.